The average Bonchev–Trinajstić information content (AvgIpc) is 2.04. The Morgan fingerprint density at radius 3 is 2.31 bits per heavy atom. The van der Waals surface area contributed by atoms with Gasteiger partial charge in [-0.1, -0.05) is 6.07 Å². The van der Waals surface area contributed by atoms with E-state index < -0.39 is 11.6 Å². The van der Waals surface area contributed by atoms with Crippen molar-refractivity contribution in [3.05, 3.63) is 23.3 Å². The molecule has 1 aromatic heterocycles. The van der Waals surface area contributed by atoms with Gasteiger partial charge in [-0.25, -0.2) is 4.79 Å². The van der Waals surface area contributed by atoms with E-state index in [2.05, 4.69) is 0 Å². The molecule has 0 unspecified atom stereocenters. The summed E-state index contributed by atoms with van der Waals surface area (Å²) in [6, 6.07) is 3.49. The lowest BCUT2D eigenvalue weighted by Crippen LogP contribution is -2.24. The number of aryl methyl sites for hydroxylation is 1. The Labute approximate surface area is 93.1 Å². The van der Waals surface area contributed by atoms with Gasteiger partial charge in [0, 0.05) is 5.56 Å². The highest BCUT2D eigenvalue weighted by atomic mass is 17.0. The highest BCUT2D eigenvalue weighted by Gasteiger charge is 2.24. The van der Waals surface area contributed by atoms with E-state index in [1.54, 1.807) is 12.1 Å². The number of fused-ring (bicyclic) bond motifs is 1. The summed E-state index contributed by atoms with van der Waals surface area (Å²) in [6.45, 7) is 7.36. The van der Waals surface area contributed by atoms with Gasteiger partial charge in [0.2, 0.25) is 11.2 Å². The van der Waals surface area contributed by atoms with Crippen molar-refractivity contribution in [2.75, 3.05) is 0 Å². The van der Waals surface area contributed by atoms with Gasteiger partial charge in [-0.2, -0.15) is 0 Å². The summed E-state index contributed by atoms with van der Waals surface area (Å²) in [5, 5.41) is 0. The van der Waals surface area contributed by atoms with Crippen LogP contribution in [0.15, 0.2) is 21.3 Å². The molecule has 0 amide bonds. The summed E-state index contributed by atoms with van der Waals surface area (Å²) in [5.74, 6) is -0.396. The van der Waals surface area contributed by atoms with Gasteiger partial charge in [0.15, 0.2) is 0 Å². The van der Waals surface area contributed by atoms with Crippen LogP contribution in [0, 0.1) is 6.92 Å². The van der Waals surface area contributed by atoms with Gasteiger partial charge in [0.1, 0.15) is 11.2 Å². The number of esters is 1. The summed E-state index contributed by atoms with van der Waals surface area (Å²) in [6.07, 6.45) is 0. The molecule has 1 heterocycles. The van der Waals surface area contributed by atoms with Gasteiger partial charge in [-0.05, 0) is 33.8 Å². The first kappa shape index (κ1) is 10.8. The molecule has 1 aromatic carbocycles. The van der Waals surface area contributed by atoms with Gasteiger partial charge >= 0.3 is 5.97 Å². The Balaban J connectivity index is 2.35. The number of hydrogen-bond acceptors (Lipinski definition) is 4. The SMILES string of the molecule is Cc1ccc(C(=O)OC(C)(C)C)c2ooc12. The molecule has 2 aromatic rings. The van der Waals surface area contributed by atoms with Crippen molar-refractivity contribution in [3.8, 4) is 0 Å². The van der Waals surface area contributed by atoms with Crippen molar-refractivity contribution in [2.45, 2.75) is 33.3 Å². The molecule has 0 bridgehead atoms. The molecule has 0 spiro atoms. The lowest BCUT2D eigenvalue weighted by atomic mass is 10.1. The van der Waals surface area contributed by atoms with Crippen molar-refractivity contribution >= 4 is 17.1 Å². The van der Waals surface area contributed by atoms with E-state index in [-0.39, 0.29) is 0 Å². The minimum absolute atomic E-state index is 0.396. The van der Waals surface area contributed by atoms with Gasteiger partial charge in [0.25, 0.3) is 0 Å². The second-order valence-electron chi connectivity index (χ2n) is 4.76. The molecular weight excluding hydrogens is 208 g/mol. The lowest BCUT2D eigenvalue weighted by Gasteiger charge is -2.19. The first-order valence-corrected chi connectivity index (χ1v) is 5.10. The topological polar surface area (TPSA) is 52.6 Å². The monoisotopic (exact) mass is 222 g/mol. The Morgan fingerprint density at radius 2 is 1.81 bits per heavy atom. The van der Waals surface area contributed by atoms with Crippen LogP contribution in [0.3, 0.4) is 0 Å². The van der Waals surface area contributed by atoms with E-state index in [0.29, 0.717) is 16.7 Å². The van der Waals surface area contributed by atoms with Crippen molar-refractivity contribution < 1.29 is 18.7 Å². The second kappa shape index (κ2) is 3.40. The number of hydrogen-bond donors (Lipinski definition) is 0. The van der Waals surface area contributed by atoms with Crippen LogP contribution in [0.4, 0.5) is 0 Å². The fraction of sp³-hybridized carbons (Fsp3) is 0.417. The molecule has 0 N–H and O–H groups in total. The molecular formula is C12H14O4. The third kappa shape index (κ3) is 1.83. The molecule has 0 saturated heterocycles. The van der Waals surface area contributed by atoms with Crippen LogP contribution in [0.2, 0.25) is 0 Å². The molecule has 0 saturated carbocycles. The van der Waals surface area contributed by atoms with E-state index in [0.717, 1.165) is 5.56 Å². The van der Waals surface area contributed by atoms with E-state index in [1.165, 1.54) is 0 Å². The number of carbonyl (C=O) groups excluding carboxylic acids is 1. The first-order valence-electron chi connectivity index (χ1n) is 5.10. The molecule has 0 radical (unpaired) electrons. The summed E-state index contributed by atoms with van der Waals surface area (Å²) < 4.78 is 14.9. The molecule has 0 aliphatic rings. The van der Waals surface area contributed by atoms with Crippen LogP contribution in [0.1, 0.15) is 36.7 Å². The number of benzene rings is 1. The Kier molecular flexibility index (Phi) is 2.30. The largest absolute Gasteiger partial charge is 0.456 e. The predicted octanol–water partition coefficient (Wildman–Crippen LogP) is 3.29. The van der Waals surface area contributed by atoms with Gasteiger partial charge in [-0.15, -0.1) is 0 Å². The highest BCUT2D eigenvalue weighted by Crippen LogP contribution is 2.27. The minimum atomic E-state index is -0.514. The normalized spacial score (nSPS) is 12.0. The summed E-state index contributed by atoms with van der Waals surface area (Å²) in [5.41, 5.74) is 1.91. The quantitative estimate of drug-likeness (QED) is 0.548. The molecule has 4 heteroatoms. The maximum atomic E-state index is 11.8. The lowest BCUT2D eigenvalue weighted by molar-refractivity contribution is 0.00559. The van der Waals surface area contributed by atoms with Crippen LogP contribution >= 0.6 is 0 Å². The minimum Gasteiger partial charge on any atom is -0.456 e. The molecule has 0 fully saturated rings. The Hall–Kier alpha value is -1.71. The smallest absolute Gasteiger partial charge is 0.342 e. The van der Waals surface area contributed by atoms with E-state index in [9.17, 15) is 4.79 Å². The first-order chi connectivity index (χ1) is 7.38. The van der Waals surface area contributed by atoms with E-state index in [4.69, 9.17) is 13.9 Å². The Morgan fingerprint density at radius 1 is 1.19 bits per heavy atom. The zero-order valence-electron chi connectivity index (χ0n) is 9.79. The van der Waals surface area contributed by atoms with Crippen molar-refractivity contribution in [3.63, 3.8) is 0 Å². The summed E-state index contributed by atoms with van der Waals surface area (Å²) in [7, 11) is 0. The third-order valence-corrected chi connectivity index (χ3v) is 2.14. The second-order valence-corrected chi connectivity index (χ2v) is 4.76. The van der Waals surface area contributed by atoms with Gasteiger partial charge < -0.3 is 4.74 Å². The highest BCUT2D eigenvalue weighted by molar-refractivity contribution is 6.01. The van der Waals surface area contributed by atoms with Crippen molar-refractivity contribution in [2.24, 2.45) is 0 Å². The average molecular weight is 222 g/mol. The summed E-state index contributed by atoms with van der Waals surface area (Å²) >= 11 is 0. The van der Waals surface area contributed by atoms with Crippen molar-refractivity contribution in [1.29, 1.82) is 0 Å². The maximum Gasteiger partial charge on any atom is 0.342 e. The third-order valence-electron chi connectivity index (χ3n) is 2.14. The van der Waals surface area contributed by atoms with Crippen LogP contribution in [0.25, 0.3) is 11.2 Å². The number of carbonyl (C=O) groups is 1. The van der Waals surface area contributed by atoms with Crippen LogP contribution in [-0.4, -0.2) is 11.6 Å². The maximum absolute atomic E-state index is 11.8. The molecule has 0 aliphatic carbocycles. The van der Waals surface area contributed by atoms with Crippen LogP contribution in [0.5, 0.6) is 0 Å². The Bertz CT molecular complexity index is 525. The van der Waals surface area contributed by atoms with Gasteiger partial charge in [0.05, 0.1) is 0 Å². The number of rotatable bonds is 1. The molecule has 4 nitrogen and oxygen atoms in total. The van der Waals surface area contributed by atoms with Crippen LogP contribution in [-0.2, 0) is 4.74 Å². The van der Waals surface area contributed by atoms with Crippen molar-refractivity contribution in [1.82, 2.24) is 0 Å². The molecule has 2 rings (SSSR count). The zero-order chi connectivity index (χ0) is 11.9. The van der Waals surface area contributed by atoms with Gasteiger partial charge in [-0.3, -0.25) is 9.15 Å². The summed E-state index contributed by atoms with van der Waals surface area (Å²) in [4.78, 5) is 11.8. The molecule has 16 heavy (non-hydrogen) atoms. The number of ether oxygens (including phenoxy) is 1. The zero-order valence-corrected chi connectivity index (χ0v) is 9.79. The predicted molar refractivity (Wildman–Crippen MR) is 58.4 cm³/mol. The van der Waals surface area contributed by atoms with E-state index >= 15 is 0 Å². The fourth-order valence-corrected chi connectivity index (χ4v) is 1.39. The van der Waals surface area contributed by atoms with Crippen LogP contribution < -0.4 is 0 Å². The van der Waals surface area contributed by atoms with E-state index in [1.807, 2.05) is 27.7 Å². The standard InChI is InChI=1S/C12H14O4/c1-7-5-6-8(10-9(7)15-16-10)11(13)14-12(2,3)4/h5-6H,1-4H3. The molecule has 86 valence electrons. The molecule has 0 aliphatic heterocycles. The fourth-order valence-electron chi connectivity index (χ4n) is 1.39. The molecule has 0 atom stereocenters.